The average Bonchev–Trinajstić information content (AvgIpc) is 2.94. The number of nitrogens with zero attached hydrogens (tertiary/aromatic N) is 2. The van der Waals surface area contributed by atoms with Crippen molar-refractivity contribution in [2.75, 3.05) is 11.9 Å². The number of nitrogens with one attached hydrogen (secondary N) is 2. The summed E-state index contributed by atoms with van der Waals surface area (Å²) < 4.78 is 0. The summed E-state index contributed by atoms with van der Waals surface area (Å²) in [4.78, 5) is 38.7. The zero-order valence-electron chi connectivity index (χ0n) is 14.7. The van der Waals surface area contributed by atoms with Gasteiger partial charge in [0, 0.05) is 0 Å². The van der Waals surface area contributed by atoms with Gasteiger partial charge in [-0.2, -0.15) is 5.26 Å². The molecule has 1 fully saturated rings. The maximum absolute atomic E-state index is 13.0. The lowest BCUT2D eigenvalue weighted by Gasteiger charge is -2.25. The molecular weight excluding hydrogens is 344 g/mol. The molecule has 3 rings (SSSR count). The zero-order chi connectivity index (χ0) is 19.4. The number of hydrogen-bond acceptors (Lipinski definition) is 4. The van der Waals surface area contributed by atoms with Gasteiger partial charge in [0.15, 0.2) is 0 Å². The summed E-state index contributed by atoms with van der Waals surface area (Å²) in [7, 11) is 0. The summed E-state index contributed by atoms with van der Waals surface area (Å²) in [6, 6.07) is 16.8. The summed E-state index contributed by atoms with van der Waals surface area (Å²) in [6.07, 6.45) is 0.358. The van der Waals surface area contributed by atoms with E-state index in [-0.39, 0.29) is 0 Å². The van der Waals surface area contributed by atoms with Crippen LogP contribution in [0.15, 0.2) is 54.6 Å². The Balaban J connectivity index is 1.80. The van der Waals surface area contributed by atoms with E-state index >= 15 is 0 Å². The van der Waals surface area contributed by atoms with E-state index in [4.69, 9.17) is 5.26 Å². The molecule has 0 radical (unpaired) electrons. The number of carbonyl (C=O) groups is 3. The first-order valence-corrected chi connectivity index (χ1v) is 8.50. The predicted molar refractivity (Wildman–Crippen MR) is 98.4 cm³/mol. The number of carbonyl (C=O) groups excluding carboxylic acids is 3. The fourth-order valence-corrected chi connectivity index (χ4v) is 3.15. The van der Waals surface area contributed by atoms with Gasteiger partial charge in [0.2, 0.25) is 5.91 Å². The molecular formula is C20H18N4O3. The van der Waals surface area contributed by atoms with Crippen LogP contribution in [0.1, 0.15) is 24.5 Å². The van der Waals surface area contributed by atoms with E-state index in [1.807, 2.05) is 12.1 Å². The van der Waals surface area contributed by atoms with Crippen molar-refractivity contribution in [2.45, 2.75) is 18.9 Å². The topological polar surface area (TPSA) is 102 Å². The number of imide groups is 1. The van der Waals surface area contributed by atoms with Gasteiger partial charge in [-0.25, -0.2) is 4.79 Å². The molecule has 136 valence electrons. The molecule has 1 heterocycles. The lowest BCUT2D eigenvalue weighted by molar-refractivity contribution is -0.134. The smallest absolute Gasteiger partial charge is 0.323 e. The number of anilines is 1. The van der Waals surface area contributed by atoms with Crippen molar-refractivity contribution in [3.05, 3.63) is 65.7 Å². The van der Waals surface area contributed by atoms with Crippen molar-refractivity contribution in [2.24, 2.45) is 0 Å². The second-order valence-corrected chi connectivity index (χ2v) is 6.15. The summed E-state index contributed by atoms with van der Waals surface area (Å²) in [5, 5.41) is 14.4. The fraction of sp³-hybridized carbons (Fsp3) is 0.200. The summed E-state index contributed by atoms with van der Waals surface area (Å²) in [5.41, 5.74) is 0.129. The molecule has 2 N–H and O–H groups in total. The standard InChI is InChI=1S/C20H18N4O3/c1-2-20(15-9-4-3-5-10-15)18(26)24(19(27)23-20)13-17(25)22-16-11-7-6-8-14(16)12-21/h3-11H,2,13H2,1H3,(H,22,25)(H,23,27). The van der Waals surface area contributed by atoms with E-state index < -0.39 is 29.9 Å². The van der Waals surface area contributed by atoms with Crippen molar-refractivity contribution in [1.82, 2.24) is 10.2 Å². The Labute approximate surface area is 156 Å². The summed E-state index contributed by atoms with van der Waals surface area (Å²) in [6.45, 7) is 1.37. The van der Waals surface area contributed by atoms with Crippen LogP contribution in [-0.2, 0) is 15.1 Å². The molecule has 27 heavy (non-hydrogen) atoms. The molecule has 0 spiro atoms. The van der Waals surface area contributed by atoms with Crippen molar-refractivity contribution in [3.8, 4) is 6.07 Å². The Morgan fingerprint density at radius 1 is 1.15 bits per heavy atom. The van der Waals surface area contributed by atoms with Gasteiger partial charge < -0.3 is 10.6 Å². The van der Waals surface area contributed by atoms with Crippen LogP contribution in [0.3, 0.4) is 0 Å². The van der Waals surface area contributed by atoms with E-state index in [1.54, 1.807) is 55.5 Å². The van der Waals surface area contributed by atoms with E-state index in [0.717, 1.165) is 4.90 Å². The molecule has 0 bridgehead atoms. The molecule has 4 amide bonds. The molecule has 2 aromatic rings. The predicted octanol–water partition coefficient (Wildman–Crippen LogP) is 2.35. The Bertz CT molecular complexity index is 936. The average molecular weight is 362 g/mol. The van der Waals surface area contributed by atoms with Crippen LogP contribution >= 0.6 is 0 Å². The number of nitriles is 1. The molecule has 7 nitrogen and oxygen atoms in total. The van der Waals surface area contributed by atoms with Crippen molar-refractivity contribution in [3.63, 3.8) is 0 Å². The first-order chi connectivity index (χ1) is 13.0. The molecule has 1 atom stereocenters. The molecule has 7 heteroatoms. The molecule has 0 aliphatic carbocycles. The Hall–Kier alpha value is -3.66. The Morgan fingerprint density at radius 2 is 1.81 bits per heavy atom. The van der Waals surface area contributed by atoms with Gasteiger partial charge in [0.05, 0.1) is 11.3 Å². The van der Waals surface area contributed by atoms with Crippen LogP contribution in [0.2, 0.25) is 0 Å². The van der Waals surface area contributed by atoms with Gasteiger partial charge in [-0.05, 0) is 24.1 Å². The van der Waals surface area contributed by atoms with Gasteiger partial charge in [0.1, 0.15) is 18.2 Å². The molecule has 1 saturated heterocycles. The number of urea groups is 1. The minimum atomic E-state index is -1.18. The maximum atomic E-state index is 13.0. The van der Waals surface area contributed by atoms with Gasteiger partial charge in [-0.15, -0.1) is 0 Å². The molecule has 1 aliphatic heterocycles. The van der Waals surface area contributed by atoms with Crippen molar-refractivity contribution < 1.29 is 14.4 Å². The maximum Gasteiger partial charge on any atom is 0.325 e. The highest BCUT2D eigenvalue weighted by atomic mass is 16.2. The third kappa shape index (κ3) is 3.25. The van der Waals surface area contributed by atoms with Gasteiger partial charge in [-0.1, -0.05) is 49.4 Å². The number of para-hydroxylation sites is 1. The van der Waals surface area contributed by atoms with Crippen molar-refractivity contribution >= 4 is 23.5 Å². The molecule has 2 aromatic carbocycles. The summed E-state index contributed by atoms with van der Waals surface area (Å²) in [5.74, 6) is -1.02. The molecule has 1 aliphatic rings. The number of hydrogen-bond donors (Lipinski definition) is 2. The van der Waals surface area contributed by atoms with Crippen LogP contribution in [-0.4, -0.2) is 29.3 Å². The third-order valence-corrected chi connectivity index (χ3v) is 4.60. The normalized spacial score (nSPS) is 18.7. The zero-order valence-corrected chi connectivity index (χ0v) is 14.7. The monoisotopic (exact) mass is 362 g/mol. The van der Waals surface area contributed by atoms with Crippen LogP contribution < -0.4 is 10.6 Å². The Kier molecular flexibility index (Phi) is 4.90. The summed E-state index contributed by atoms with van der Waals surface area (Å²) >= 11 is 0. The van der Waals surface area contributed by atoms with E-state index in [1.165, 1.54) is 0 Å². The number of amides is 4. The van der Waals surface area contributed by atoms with Crippen molar-refractivity contribution in [1.29, 1.82) is 5.26 Å². The third-order valence-electron chi connectivity index (χ3n) is 4.60. The minimum Gasteiger partial charge on any atom is -0.323 e. The first kappa shape index (κ1) is 18.1. The molecule has 0 aromatic heterocycles. The molecule has 0 saturated carbocycles. The van der Waals surface area contributed by atoms with Crippen LogP contribution in [0, 0.1) is 11.3 Å². The van der Waals surface area contributed by atoms with Crippen LogP contribution in [0.5, 0.6) is 0 Å². The SMILES string of the molecule is CCC1(c2ccccc2)NC(=O)N(CC(=O)Nc2ccccc2C#N)C1=O. The lowest BCUT2D eigenvalue weighted by atomic mass is 9.87. The van der Waals surface area contributed by atoms with Gasteiger partial charge in [0.25, 0.3) is 5.91 Å². The van der Waals surface area contributed by atoms with Crippen LogP contribution in [0.4, 0.5) is 10.5 Å². The largest absolute Gasteiger partial charge is 0.325 e. The number of benzene rings is 2. The quantitative estimate of drug-likeness (QED) is 0.797. The van der Waals surface area contributed by atoms with E-state index in [0.29, 0.717) is 23.2 Å². The lowest BCUT2D eigenvalue weighted by Crippen LogP contribution is -2.44. The second-order valence-electron chi connectivity index (χ2n) is 6.15. The van der Waals surface area contributed by atoms with Gasteiger partial charge in [-0.3, -0.25) is 14.5 Å². The minimum absolute atomic E-state index is 0.301. The highest BCUT2D eigenvalue weighted by Crippen LogP contribution is 2.32. The Morgan fingerprint density at radius 3 is 2.48 bits per heavy atom. The highest BCUT2D eigenvalue weighted by molar-refractivity contribution is 6.10. The number of rotatable bonds is 5. The van der Waals surface area contributed by atoms with E-state index in [2.05, 4.69) is 10.6 Å². The van der Waals surface area contributed by atoms with Gasteiger partial charge >= 0.3 is 6.03 Å². The fourth-order valence-electron chi connectivity index (χ4n) is 3.15. The van der Waals surface area contributed by atoms with E-state index in [9.17, 15) is 14.4 Å². The molecule has 1 unspecified atom stereocenters. The first-order valence-electron chi connectivity index (χ1n) is 8.50. The second kappa shape index (κ2) is 7.30. The highest BCUT2D eigenvalue weighted by Gasteiger charge is 2.51. The van der Waals surface area contributed by atoms with Crippen LogP contribution in [0.25, 0.3) is 0 Å².